The quantitative estimate of drug-likeness (QED) is 0.634. The molecule has 184 valence electrons. The number of carbonyl (C=O) groups excluding carboxylic acids is 2. The molecule has 1 unspecified atom stereocenters. The van der Waals surface area contributed by atoms with Crippen molar-refractivity contribution in [2.75, 3.05) is 23.3 Å². The lowest BCUT2D eigenvalue weighted by Gasteiger charge is -2.46. The van der Waals surface area contributed by atoms with Crippen molar-refractivity contribution in [1.82, 2.24) is 9.88 Å². The van der Waals surface area contributed by atoms with Gasteiger partial charge in [-0.15, -0.1) is 0 Å². The number of nitrogens with zero attached hydrogens (tertiary/aromatic N) is 4. The summed E-state index contributed by atoms with van der Waals surface area (Å²) >= 11 is 0. The summed E-state index contributed by atoms with van der Waals surface area (Å²) in [5.74, 6) is -0.585. The van der Waals surface area contributed by atoms with Crippen LogP contribution in [0.5, 0.6) is 0 Å². The van der Waals surface area contributed by atoms with Crippen LogP contribution in [0.2, 0.25) is 0 Å². The van der Waals surface area contributed by atoms with E-state index >= 15 is 0 Å². The summed E-state index contributed by atoms with van der Waals surface area (Å²) in [6, 6.07) is 8.19. The molecule has 1 aromatic heterocycles. The zero-order valence-electron chi connectivity index (χ0n) is 20.6. The number of rotatable bonds is 7. The van der Waals surface area contributed by atoms with Crippen molar-refractivity contribution in [3.8, 4) is 6.07 Å². The lowest BCUT2D eigenvalue weighted by Crippen LogP contribution is -2.58. The van der Waals surface area contributed by atoms with Gasteiger partial charge in [-0.2, -0.15) is 5.26 Å². The summed E-state index contributed by atoms with van der Waals surface area (Å²) in [6.45, 7) is 6.71. The van der Waals surface area contributed by atoms with Crippen molar-refractivity contribution < 1.29 is 14.0 Å². The van der Waals surface area contributed by atoms with Gasteiger partial charge in [-0.05, 0) is 68.5 Å². The van der Waals surface area contributed by atoms with Crippen LogP contribution in [0.4, 0.5) is 15.8 Å². The fourth-order valence-electron chi connectivity index (χ4n) is 5.69. The predicted octanol–water partition coefficient (Wildman–Crippen LogP) is 4.51. The number of nitrogens with one attached hydrogen (secondary N) is 1. The fourth-order valence-corrected chi connectivity index (χ4v) is 5.69. The number of piperidine rings is 1. The Morgan fingerprint density at radius 3 is 2.80 bits per heavy atom. The molecule has 7 nitrogen and oxygen atoms in total. The lowest BCUT2D eigenvalue weighted by molar-refractivity contribution is -0.129. The first-order valence-electron chi connectivity index (χ1n) is 12.4. The maximum absolute atomic E-state index is 14.8. The number of benzene rings is 1. The van der Waals surface area contributed by atoms with Crippen LogP contribution in [-0.4, -0.2) is 40.8 Å². The van der Waals surface area contributed by atoms with Crippen LogP contribution in [0, 0.1) is 17.1 Å². The van der Waals surface area contributed by atoms with E-state index in [-0.39, 0.29) is 29.4 Å². The van der Waals surface area contributed by atoms with E-state index in [1.165, 1.54) is 19.1 Å². The molecule has 0 bridgehead atoms. The van der Waals surface area contributed by atoms with Crippen molar-refractivity contribution in [2.24, 2.45) is 0 Å². The summed E-state index contributed by atoms with van der Waals surface area (Å²) in [6.07, 6.45) is 6.22. The SMILES string of the molecule is CCCCc1cc(F)cc2c1NC(=O)C2(CC)N1CCC[C@@H](N(C(C)=O)c2ccc(C#N)nc2)C1. The van der Waals surface area contributed by atoms with Crippen LogP contribution in [-0.2, 0) is 21.5 Å². The van der Waals surface area contributed by atoms with Crippen LogP contribution in [0.25, 0.3) is 0 Å². The third-order valence-corrected chi connectivity index (χ3v) is 7.34. The molecule has 35 heavy (non-hydrogen) atoms. The Kier molecular flexibility index (Phi) is 7.18. The second kappa shape index (κ2) is 10.1. The van der Waals surface area contributed by atoms with Crippen molar-refractivity contribution in [1.29, 1.82) is 5.26 Å². The minimum absolute atomic E-state index is 0.127. The van der Waals surface area contributed by atoms with E-state index in [0.717, 1.165) is 36.9 Å². The molecule has 8 heteroatoms. The number of anilines is 2. The Morgan fingerprint density at radius 1 is 1.37 bits per heavy atom. The fraction of sp³-hybridized carbons (Fsp3) is 0.481. The molecule has 4 rings (SSSR count). The molecule has 2 amide bonds. The van der Waals surface area contributed by atoms with Crippen molar-refractivity contribution in [3.63, 3.8) is 0 Å². The predicted molar refractivity (Wildman–Crippen MR) is 132 cm³/mol. The maximum atomic E-state index is 14.8. The highest BCUT2D eigenvalue weighted by molar-refractivity contribution is 6.06. The van der Waals surface area contributed by atoms with Crippen LogP contribution < -0.4 is 10.2 Å². The van der Waals surface area contributed by atoms with E-state index < -0.39 is 5.54 Å². The monoisotopic (exact) mass is 477 g/mol. The Hall–Kier alpha value is -3.31. The summed E-state index contributed by atoms with van der Waals surface area (Å²) < 4.78 is 14.8. The van der Waals surface area contributed by atoms with E-state index in [9.17, 15) is 14.0 Å². The smallest absolute Gasteiger partial charge is 0.249 e. The molecular weight excluding hydrogens is 445 g/mol. The van der Waals surface area contributed by atoms with Crippen LogP contribution in [0.3, 0.4) is 0 Å². The van der Waals surface area contributed by atoms with Gasteiger partial charge in [-0.25, -0.2) is 9.37 Å². The molecule has 2 aliphatic rings. The highest BCUT2D eigenvalue weighted by Gasteiger charge is 2.52. The van der Waals surface area contributed by atoms with E-state index in [2.05, 4.69) is 22.1 Å². The van der Waals surface area contributed by atoms with E-state index in [0.29, 0.717) is 37.2 Å². The minimum Gasteiger partial charge on any atom is -0.324 e. The summed E-state index contributed by atoms with van der Waals surface area (Å²) in [5, 5.41) is 12.1. The average Bonchev–Trinajstić information content (AvgIpc) is 3.14. The number of likely N-dealkylation sites (tertiary alicyclic amines) is 1. The molecule has 0 aliphatic carbocycles. The first kappa shape index (κ1) is 24.8. The molecular formula is C27H32FN5O2. The summed E-state index contributed by atoms with van der Waals surface area (Å²) in [7, 11) is 0. The second-order valence-electron chi connectivity index (χ2n) is 9.40. The van der Waals surface area contributed by atoms with E-state index in [1.54, 1.807) is 23.2 Å². The minimum atomic E-state index is -0.984. The van der Waals surface area contributed by atoms with Crippen molar-refractivity contribution in [2.45, 2.75) is 70.9 Å². The Morgan fingerprint density at radius 2 is 2.17 bits per heavy atom. The number of amides is 2. The number of fused-ring (bicyclic) bond motifs is 1. The number of aryl methyl sites for hydroxylation is 1. The zero-order valence-corrected chi connectivity index (χ0v) is 20.6. The molecule has 0 saturated carbocycles. The Balaban J connectivity index is 1.70. The number of hydrogen-bond donors (Lipinski definition) is 1. The number of halogens is 1. The zero-order chi connectivity index (χ0) is 25.2. The normalized spacial score (nSPS) is 21.8. The van der Waals surface area contributed by atoms with Gasteiger partial charge in [0.15, 0.2) is 0 Å². The van der Waals surface area contributed by atoms with Gasteiger partial charge in [0.05, 0.1) is 11.9 Å². The van der Waals surface area contributed by atoms with Gasteiger partial charge in [0.1, 0.15) is 23.1 Å². The first-order valence-corrected chi connectivity index (χ1v) is 12.4. The number of hydrogen-bond acceptors (Lipinski definition) is 5. The third-order valence-electron chi connectivity index (χ3n) is 7.34. The molecule has 1 N–H and O–H groups in total. The molecule has 3 heterocycles. The van der Waals surface area contributed by atoms with Crippen molar-refractivity contribution >= 4 is 23.2 Å². The second-order valence-corrected chi connectivity index (χ2v) is 9.40. The first-order chi connectivity index (χ1) is 16.8. The van der Waals surface area contributed by atoms with E-state index in [4.69, 9.17) is 5.26 Å². The highest BCUT2D eigenvalue weighted by Crippen LogP contribution is 2.46. The lowest BCUT2D eigenvalue weighted by atomic mass is 9.83. The molecule has 2 aliphatic heterocycles. The number of carbonyl (C=O) groups is 2. The molecule has 1 fully saturated rings. The van der Waals surface area contributed by atoms with Gasteiger partial charge in [0.2, 0.25) is 11.8 Å². The Bertz CT molecular complexity index is 1160. The number of aromatic nitrogens is 1. The average molecular weight is 478 g/mol. The topological polar surface area (TPSA) is 89.3 Å². The van der Waals surface area contributed by atoms with E-state index in [1.807, 2.05) is 13.0 Å². The largest absolute Gasteiger partial charge is 0.324 e. The van der Waals surface area contributed by atoms with Gasteiger partial charge < -0.3 is 10.2 Å². The molecule has 0 spiro atoms. The van der Waals surface area contributed by atoms with Crippen LogP contribution >= 0.6 is 0 Å². The third kappa shape index (κ3) is 4.41. The van der Waals surface area contributed by atoms with Crippen LogP contribution in [0.15, 0.2) is 30.5 Å². The standard InChI is InChI=1S/C27H32FN5O2/c1-4-6-8-19-13-20(28)14-24-25(19)31-26(35)27(24,5-2)32-12-7-9-23(17-32)33(18(3)34)22-11-10-21(15-29)30-16-22/h10-11,13-14,16,23H,4-9,12,17H2,1-3H3,(H,31,35)/t23-,27?/m1/s1. The van der Waals surface area contributed by atoms with Gasteiger partial charge in [-0.1, -0.05) is 20.3 Å². The number of unbranched alkanes of at least 4 members (excludes halogenated alkanes) is 1. The molecule has 2 aromatic rings. The summed E-state index contributed by atoms with van der Waals surface area (Å²) in [4.78, 5) is 34.2. The Labute approximate surface area is 205 Å². The van der Waals surface area contributed by atoms with Gasteiger partial charge in [-0.3, -0.25) is 14.5 Å². The molecule has 1 aromatic carbocycles. The maximum Gasteiger partial charge on any atom is 0.249 e. The molecule has 0 radical (unpaired) electrons. The van der Waals surface area contributed by atoms with Crippen molar-refractivity contribution in [3.05, 3.63) is 53.1 Å². The van der Waals surface area contributed by atoms with Gasteiger partial charge in [0.25, 0.3) is 0 Å². The summed E-state index contributed by atoms with van der Waals surface area (Å²) in [5.41, 5.74) is 2.21. The number of pyridine rings is 1. The molecule has 2 atom stereocenters. The molecule has 1 saturated heterocycles. The van der Waals surface area contributed by atoms with Gasteiger partial charge in [0, 0.05) is 30.8 Å². The van der Waals surface area contributed by atoms with Gasteiger partial charge >= 0.3 is 0 Å². The van der Waals surface area contributed by atoms with Crippen LogP contribution in [0.1, 0.15) is 69.7 Å². The number of nitriles is 1. The highest BCUT2D eigenvalue weighted by atomic mass is 19.1.